The van der Waals surface area contributed by atoms with Crippen molar-refractivity contribution in [2.45, 2.75) is 24.8 Å². The van der Waals surface area contributed by atoms with Gasteiger partial charge in [-0.1, -0.05) is 17.7 Å². The number of aryl methyl sites for hydroxylation is 1. The molecule has 28 heavy (non-hydrogen) atoms. The van der Waals surface area contributed by atoms with Gasteiger partial charge >= 0.3 is 5.97 Å². The Kier molecular flexibility index (Phi) is 6.87. The Balaban J connectivity index is 1.86. The maximum atomic E-state index is 12.3. The highest BCUT2D eigenvalue weighted by atomic mass is 32.2. The largest absolute Gasteiger partial charge is 0.454 e. The van der Waals surface area contributed by atoms with E-state index in [1.54, 1.807) is 12.1 Å². The SMILES string of the molecule is Cc1ccc(S(=O)(=O)N[C@@H](C)C(=O)OCC(=O)Nc2ccc(C#N)cc2)cc1. The quantitative estimate of drug-likeness (QED) is 0.681. The Hall–Kier alpha value is -3.22. The third-order valence-electron chi connectivity index (χ3n) is 3.66. The minimum absolute atomic E-state index is 0.0244. The molecule has 0 heterocycles. The lowest BCUT2D eigenvalue weighted by Gasteiger charge is -2.14. The van der Waals surface area contributed by atoms with E-state index in [-0.39, 0.29) is 4.90 Å². The van der Waals surface area contributed by atoms with Crippen molar-refractivity contribution in [2.24, 2.45) is 0 Å². The third kappa shape index (κ3) is 5.90. The summed E-state index contributed by atoms with van der Waals surface area (Å²) in [5.74, 6) is -1.47. The number of nitrogens with zero attached hydrogens (tertiary/aromatic N) is 1. The smallest absolute Gasteiger partial charge is 0.324 e. The van der Waals surface area contributed by atoms with Crippen molar-refractivity contribution >= 4 is 27.6 Å². The Labute approximate surface area is 163 Å². The predicted molar refractivity (Wildman–Crippen MR) is 102 cm³/mol. The van der Waals surface area contributed by atoms with Crippen molar-refractivity contribution in [1.29, 1.82) is 5.26 Å². The van der Waals surface area contributed by atoms with Crippen molar-refractivity contribution in [3.05, 3.63) is 59.7 Å². The van der Waals surface area contributed by atoms with Gasteiger partial charge in [0, 0.05) is 5.69 Å². The molecule has 2 aromatic rings. The molecule has 0 unspecified atom stereocenters. The molecule has 0 aliphatic heterocycles. The highest BCUT2D eigenvalue weighted by Gasteiger charge is 2.23. The highest BCUT2D eigenvalue weighted by molar-refractivity contribution is 7.89. The summed E-state index contributed by atoms with van der Waals surface area (Å²) in [7, 11) is -3.89. The summed E-state index contributed by atoms with van der Waals surface area (Å²) in [4.78, 5) is 23.8. The highest BCUT2D eigenvalue weighted by Crippen LogP contribution is 2.11. The summed E-state index contributed by atoms with van der Waals surface area (Å²) in [6, 6.07) is 13.1. The number of esters is 1. The van der Waals surface area contributed by atoms with Crippen LogP contribution in [0.5, 0.6) is 0 Å². The third-order valence-corrected chi connectivity index (χ3v) is 5.22. The van der Waals surface area contributed by atoms with E-state index < -0.39 is 34.5 Å². The van der Waals surface area contributed by atoms with Crippen LogP contribution in [-0.4, -0.2) is 32.9 Å². The first kappa shape index (κ1) is 21.1. The van der Waals surface area contributed by atoms with Crippen LogP contribution in [0.4, 0.5) is 5.69 Å². The molecule has 0 bridgehead atoms. The van der Waals surface area contributed by atoms with Gasteiger partial charge in [0.1, 0.15) is 6.04 Å². The van der Waals surface area contributed by atoms with Crippen LogP contribution in [0.3, 0.4) is 0 Å². The Bertz CT molecular complexity index is 993. The average molecular weight is 401 g/mol. The lowest BCUT2D eigenvalue weighted by molar-refractivity contribution is -0.148. The monoisotopic (exact) mass is 401 g/mol. The van der Waals surface area contributed by atoms with Gasteiger partial charge in [0.05, 0.1) is 16.5 Å². The number of benzene rings is 2. The molecule has 0 spiro atoms. The molecule has 0 radical (unpaired) electrons. The van der Waals surface area contributed by atoms with E-state index >= 15 is 0 Å². The van der Waals surface area contributed by atoms with Gasteiger partial charge in [-0.25, -0.2) is 8.42 Å². The Morgan fingerprint density at radius 2 is 1.71 bits per heavy atom. The maximum absolute atomic E-state index is 12.3. The van der Waals surface area contributed by atoms with Gasteiger partial charge in [0.2, 0.25) is 10.0 Å². The van der Waals surface area contributed by atoms with Crippen LogP contribution in [0.25, 0.3) is 0 Å². The summed E-state index contributed by atoms with van der Waals surface area (Å²) in [5, 5.41) is 11.2. The molecule has 0 fully saturated rings. The number of carbonyl (C=O) groups is 2. The molecule has 2 N–H and O–H groups in total. The van der Waals surface area contributed by atoms with Crippen LogP contribution >= 0.6 is 0 Å². The van der Waals surface area contributed by atoms with Crippen LogP contribution in [0.2, 0.25) is 0 Å². The van der Waals surface area contributed by atoms with Crippen molar-refractivity contribution in [3.63, 3.8) is 0 Å². The van der Waals surface area contributed by atoms with Crippen LogP contribution in [0.1, 0.15) is 18.1 Å². The molecule has 2 aromatic carbocycles. The predicted octanol–water partition coefficient (Wildman–Crippen LogP) is 1.72. The van der Waals surface area contributed by atoms with Gasteiger partial charge in [0.15, 0.2) is 6.61 Å². The maximum Gasteiger partial charge on any atom is 0.324 e. The fraction of sp³-hybridized carbons (Fsp3) is 0.211. The molecule has 1 amide bonds. The topological polar surface area (TPSA) is 125 Å². The summed E-state index contributed by atoms with van der Waals surface area (Å²) >= 11 is 0. The standard InChI is InChI=1S/C19H19N3O5S/c1-13-3-9-17(10-4-13)28(25,26)22-14(2)19(24)27-12-18(23)21-16-7-5-15(11-20)6-8-16/h3-10,14,22H,12H2,1-2H3,(H,21,23)/t14-/m0/s1. The lowest BCUT2D eigenvalue weighted by atomic mass is 10.2. The zero-order valence-electron chi connectivity index (χ0n) is 15.3. The first-order chi connectivity index (χ1) is 13.2. The molecule has 0 aliphatic rings. The fourth-order valence-electron chi connectivity index (χ4n) is 2.15. The summed E-state index contributed by atoms with van der Waals surface area (Å²) < 4.78 is 31.6. The molecule has 0 saturated heterocycles. The average Bonchev–Trinajstić information content (AvgIpc) is 2.66. The molecule has 0 aliphatic carbocycles. The first-order valence-corrected chi connectivity index (χ1v) is 9.75. The number of hydrogen-bond donors (Lipinski definition) is 2. The number of nitriles is 1. The van der Waals surface area contributed by atoms with E-state index in [1.807, 2.05) is 13.0 Å². The zero-order valence-corrected chi connectivity index (χ0v) is 16.1. The number of hydrogen-bond acceptors (Lipinski definition) is 6. The minimum atomic E-state index is -3.89. The Morgan fingerprint density at radius 3 is 2.29 bits per heavy atom. The van der Waals surface area contributed by atoms with Crippen molar-refractivity contribution in [1.82, 2.24) is 4.72 Å². The molecular formula is C19H19N3O5S. The van der Waals surface area contributed by atoms with Crippen molar-refractivity contribution in [2.75, 3.05) is 11.9 Å². The number of amides is 1. The second-order valence-corrected chi connectivity index (χ2v) is 7.72. The number of carbonyl (C=O) groups excluding carboxylic acids is 2. The van der Waals surface area contributed by atoms with E-state index in [0.717, 1.165) is 5.56 Å². The van der Waals surface area contributed by atoms with Gasteiger partial charge < -0.3 is 10.1 Å². The lowest BCUT2D eigenvalue weighted by Crippen LogP contribution is -2.40. The normalized spacial score (nSPS) is 11.9. The van der Waals surface area contributed by atoms with Crippen molar-refractivity contribution < 1.29 is 22.7 Å². The number of anilines is 1. The van der Waals surface area contributed by atoms with Gasteiger partial charge in [-0.2, -0.15) is 9.98 Å². The molecule has 2 rings (SSSR count). The molecule has 146 valence electrons. The Morgan fingerprint density at radius 1 is 1.11 bits per heavy atom. The van der Waals surface area contributed by atoms with Gasteiger partial charge in [0.25, 0.3) is 5.91 Å². The first-order valence-electron chi connectivity index (χ1n) is 8.27. The van der Waals surface area contributed by atoms with Crippen LogP contribution < -0.4 is 10.0 Å². The molecule has 8 nitrogen and oxygen atoms in total. The van der Waals surface area contributed by atoms with Crippen LogP contribution in [-0.2, 0) is 24.3 Å². The molecule has 1 atom stereocenters. The van der Waals surface area contributed by atoms with E-state index in [9.17, 15) is 18.0 Å². The van der Waals surface area contributed by atoms with Crippen molar-refractivity contribution in [3.8, 4) is 6.07 Å². The van der Waals surface area contributed by atoms with E-state index in [1.165, 1.54) is 43.3 Å². The van der Waals surface area contributed by atoms with Crippen LogP contribution in [0.15, 0.2) is 53.4 Å². The zero-order chi connectivity index (χ0) is 20.7. The summed E-state index contributed by atoms with van der Waals surface area (Å²) in [5.41, 5.74) is 1.78. The second-order valence-electron chi connectivity index (χ2n) is 6.00. The van der Waals surface area contributed by atoms with E-state index in [2.05, 4.69) is 10.0 Å². The molecular weight excluding hydrogens is 382 g/mol. The van der Waals surface area contributed by atoms with Gasteiger partial charge in [-0.15, -0.1) is 0 Å². The van der Waals surface area contributed by atoms with Gasteiger partial charge in [-0.3, -0.25) is 9.59 Å². The molecule has 0 saturated carbocycles. The summed E-state index contributed by atoms with van der Waals surface area (Å²) in [6.45, 7) is 2.58. The number of ether oxygens (including phenoxy) is 1. The minimum Gasteiger partial charge on any atom is -0.454 e. The fourth-order valence-corrected chi connectivity index (χ4v) is 3.35. The molecule has 0 aromatic heterocycles. The number of nitrogens with one attached hydrogen (secondary N) is 2. The van der Waals surface area contributed by atoms with E-state index in [4.69, 9.17) is 10.00 Å². The van der Waals surface area contributed by atoms with Gasteiger partial charge in [-0.05, 0) is 50.2 Å². The van der Waals surface area contributed by atoms with Crippen LogP contribution in [0, 0.1) is 18.3 Å². The molecule has 9 heteroatoms. The second kappa shape index (κ2) is 9.12. The number of rotatable bonds is 7. The van der Waals surface area contributed by atoms with E-state index in [0.29, 0.717) is 11.3 Å². The number of sulfonamides is 1. The summed E-state index contributed by atoms with van der Waals surface area (Å²) in [6.07, 6.45) is 0.